The molecule has 4 nitrogen and oxygen atoms in total. The second-order valence-corrected chi connectivity index (χ2v) is 6.37. The van der Waals surface area contributed by atoms with E-state index in [0.717, 1.165) is 19.3 Å². The molecule has 0 bridgehead atoms. The van der Waals surface area contributed by atoms with Crippen LogP contribution in [0.2, 0.25) is 0 Å². The standard InChI is InChI=1S/C16H27N3O/c1-5-13(9-8-11-16(2,3)4)18-15(20)19-14-10-6-7-12-17-14/h6-7,10,12-13H,5,8-9,11H2,1-4H3,(H2,17,18,19,20). The van der Waals surface area contributed by atoms with Crippen molar-refractivity contribution < 1.29 is 4.79 Å². The molecule has 20 heavy (non-hydrogen) atoms. The van der Waals surface area contributed by atoms with Crippen molar-refractivity contribution >= 4 is 11.8 Å². The number of rotatable bonds is 6. The molecule has 2 N–H and O–H groups in total. The summed E-state index contributed by atoms with van der Waals surface area (Å²) >= 11 is 0. The van der Waals surface area contributed by atoms with E-state index in [9.17, 15) is 4.79 Å². The number of hydrogen-bond donors (Lipinski definition) is 2. The van der Waals surface area contributed by atoms with Gasteiger partial charge in [-0.1, -0.05) is 40.2 Å². The summed E-state index contributed by atoms with van der Waals surface area (Å²) in [5.74, 6) is 0.578. The van der Waals surface area contributed by atoms with E-state index in [-0.39, 0.29) is 12.1 Å². The maximum absolute atomic E-state index is 11.9. The van der Waals surface area contributed by atoms with Crippen molar-refractivity contribution in [1.82, 2.24) is 10.3 Å². The fourth-order valence-corrected chi connectivity index (χ4v) is 2.03. The molecular formula is C16H27N3O. The molecule has 4 heteroatoms. The van der Waals surface area contributed by atoms with Crippen LogP contribution in [-0.4, -0.2) is 17.1 Å². The molecular weight excluding hydrogens is 250 g/mol. The summed E-state index contributed by atoms with van der Waals surface area (Å²) in [6, 6.07) is 5.50. The van der Waals surface area contributed by atoms with E-state index in [1.165, 1.54) is 6.42 Å². The van der Waals surface area contributed by atoms with Gasteiger partial charge in [0.25, 0.3) is 0 Å². The zero-order chi connectivity index (χ0) is 15.0. The summed E-state index contributed by atoms with van der Waals surface area (Å²) in [6.45, 7) is 8.84. The summed E-state index contributed by atoms with van der Waals surface area (Å²) in [7, 11) is 0. The van der Waals surface area contributed by atoms with Gasteiger partial charge in [0, 0.05) is 12.2 Å². The largest absolute Gasteiger partial charge is 0.335 e. The molecule has 0 aliphatic carbocycles. The number of carbonyl (C=O) groups excluding carboxylic acids is 1. The molecule has 1 heterocycles. The van der Waals surface area contributed by atoms with Crippen molar-refractivity contribution in [3.05, 3.63) is 24.4 Å². The lowest BCUT2D eigenvalue weighted by Gasteiger charge is -2.21. The zero-order valence-corrected chi connectivity index (χ0v) is 13.1. The van der Waals surface area contributed by atoms with Gasteiger partial charge in [-0.25, -0.2) is 9.78 Å². The summed E-state index contributed by atoms with van der Waals surface area (Å²) in [6.07, 6.45) is 5.93. The number of nitrogens with zero attached hydrogens (tertiary/aromatic N) is 1. The molecule has 0 fully saturated rings. The van der Waals surface area contributed by atoms with E-state index < -0.39 is 0 Å². The predicted octanol–water partition coefficient (Wildman–Crippen LogP) is 4.20. The zero-order valence-electron chi connectivity index (χ0n) is 13.1. The number of urea groups is 1. The maximum Gasteiger partial charge on any atom is 0.320 e. The monoisotopic (exact) mass is 277 g/mol. The lowest BCUT2D eigenvalue weighted by atomic mass is 9.89. The van der Waals surface area contributed by atoms with Gasteiger partial charge in [0.05, 0.1) is 0 Å². The minimum Gasteiger partial charge on any atom is -0.335 e. The second kappa shape index (κ2) is 7.88. The smallest absolute Gasteiger partial charge is 0.320 e. The molecule has 1 rings (SSSR count). The van der Waals surface area contributed by atoms with Crippen molar-refractivity contribution in [2.24, 2.45) is 5.41 Å². The average Bonchev–Trinajstić information content (AvgIpc) is 2.37. The Bertz CT molecular complexity index is 398. The number of aromatic nitrogens is 1. The van der Waals surface area contributed by atoms with Gasteiger partial charge in [-0.3, -0.25) is 5.32 Å². The lowest BCUT2D eigenvalue weighted by Crippen LogP contribution is -2.37. The number of anilines is 1. The maximum atomic E-state index is 11.9. The number of amides is 2. The van der Waals surface area contributed by atoms with E-state index in [4.69, 9.17) is 0 Å². The fourth-order valence-electron chi connectivity index (χ4n) is 2.03. The number of pyridine rings is 1. The van der Waals surface area contributed by atoms with E-state index in [2.05, 4.69) is 43.3 Å². The normalized spacial score (nSPS) is 12.8. The van der Waals surface area contributed by atoms with Crippen LogP contribution in [0.5, 0.6) is 0 Å². The van der Waals surface area contributed by atoms with E-state index in [1.54, 1.807) is 12.3 Å². The highest BCUT2D eigenvalue weighted by Gasteiger charge is 2.14. The third-order valence-electron chi connectivity index (χ3n) is 3.21. The molecule has 0 aromatic carbocycles. The van der Waals surface area contributed by atoms with Gasteiger partial charge >= 0.3 is 6.03 Å². The molecule has 1 unspecified atom stereocenters. The Morgan fingerprint density at radius 2 is 2.10 bits per heavy atom. The van der Waals surface area contributed by atoms with Crippen LogP contribution >= 0.6 is 0 Å². The van der Waals surface area contributed by atoms with Crippen molar-refractivity contribution in [2.45, 2.75) is 59.4 Å². The highest BCUT2D eigenvalue weighted by molar-refractivity contribution is 5.88. The van der Waals surface area contributed by atoms with Crippen molar-refractivity contribution in [1.29, 1.82) is 0 Å². The number of hydrogen-bond acceptors (Lipinski definition) is 2. The first kappa shape index (κ1) is 16.5. The quantitative estimate of drug-likeness (QED) is 0.818. The topological polar surface area (TPSA) is 54.0 Å². The van der Waals surface area contributed by atoms with Crippen LogP contribution in [0.4, 0.5) is 10.6 Å². The summed E-state index contributed by atoms with van der Waals surface area (Å²) in [5.41, 5.74) is 0.356. The van der Waals surface area contributed by atoms with Crippen molar-refractivity contribution in [3.63, 3.8) is 0 Å². The van der Waals surface area contributed by atoms with Gasteiger partial charge in [0.2, 0.25) is 0 Å². The molecule has 0 aliphatic rings. The second-order valence-electron chi connectivity index (χ2n) is 6.37. The first-order valence-corrected chi connectivity index (χ1v) is 7.39. The van der Waals surface area contributed by atoms with Gasteiger partial charge in [-0.05, 0) is 36.8 Å². The average molecular weight is 277 g/mol. The molecule has 112 valence electrons. The minimum absolute atomic E-state index is 0.175. The third-order valence-corrected chi connectivity index (χ3v) is 3.21. The highest BCUT2D eigenvalue weighted by atomic mass is 16.2. The summed E-state index contributed by atoms with van der Waals surface area (Å²) in [5, 5.41) is 5.76. The number of nitrogens with one attached hydrogen (secondary N) is 2. The van der Waals surface area contributed by atoms with Gasteiger partial charge in [0.15, 0.2) is 0 Å². The van der Waals surface area contributed by atoms with Gasteiger partial charge < -0.3 is 5.32 Å². The molecule has 2 amide bonds. The molecule has 0 saturated heterocycles. The van der Waals surface area contributed by atoms with E-state index in [1.807, 2.05) is 12.1 Å². The molecule has 0 radical (unpaired) electrons. The molecule has 1 atom stereocenters. The van der Waals surface area contributed by atoms with Crippen LogP contribution in [0.3, 0.4) is 0 Å². The Kier molecular flexibility index (Phi) is 6.49. The first-order chi connectivity index (χ1) is 9.40. The predicted molar refractivity (Wildman–Crippen MR) is 83.8 cm³/mol. The Balaban J connectivity index is 2.34. The van der Waals surface area contributed by atoms with E-state index in [0.29, 0.717) is 11.2 Å². The van der Waals surface area contributed by atoms with Crippen LogP contribution in [0.15, 0.2) is 24.4 Å². The van der Waals surface area contributed by atoms with Gasteiger partial charge in [-0.15, -0.1) is 0 Å². The summed E-state index contributed by atoms with van der Waals surface area (Å²) in [4.78, 5) is 16.0. The van der Waals surface area contributed by atoms with Crippen LogP contribution in [-0.2, 0) is 0 Å². The van der Waals surface area contributed by atoms with Crippen molar-refractivity contribution in [3.8, 4) is 0 Å². The lowest BCUT2D eigenvalue weighted by molar-refractivity contribution is 0.246. The first-order valence-electron chi connectivity index (χ1n) is 7.39. The summed E-state index contributed by atoms with van der Waals surface area (Å²) < 4.78 is 0. The van der Waals surface area contributed by atoms with E-state index >= 15 is 0 Å². The van der Waals surface area contributed by atoms with Crippen LogP contribution in [0.25, 0.3) is 0 Å². The Hall–Kier alpha value is -1.58. The Labute approximate surface area is 122 Å². The van der Waals surface area contributed by atoms with Crippen LogP contribution in [0, 0.1) is 5.41 Å². The highest BCUT2D eigenvalue weighted by Crippen LogP contribution is 2.22. The SMILES string of the molecule is CCC(CCCC(C)(C)C)NC(=O)Nc1ccccn1. The van der Waals surface area contributed by atoms with Crippen LogP contribution < -0.4 is 10.6 Å². The fraction of sp³-hybridized carbons (Fsp3) is 0.625. The van der Waals surface area contributed by atoms with Gasteiger partial charge in [0.1, 0.15) is 5.82 Å². The third kappa shape index (κ3) is 7.12. The van der Waals surface area contributed by atoms with Crippen molar-refractivity contribution in [2.75, 3.05) is 5.32 Å². The molecule has 0 saturated carbocycles. The molecule has 1 aromatic heterocycles. The molecule has 1 aromatic rings. The molecule has 0 aliphatic heterocycles. The Morgan fingerprint density at radius 1 is 1.35 bits per heavy atom. The minimum atomic E-state index is -0.175. The van der Waals surface area contributed by atoms with Gasteiger partial charge in [-0.2, -0.15) is 0 Å². The number of carbonyl (C=O) groups is 1. The molecule has 0 spiro atoms. The van der Waals surface area contributed by atoms with Crippen LogP contribution in [0.1, 0.15) is 53.4 Å². The Morgan fingerprint density at radius 3 is 2.65 bits per heavy atom.